The molecular weight excluding hydrogens is 258 g/mol. The normalized spacial score (nSPS) is 10.1. The van der Waals surface area contributed by atoms with Gasteiger partial charge in [0, 0.05) is 6.54 Å². The van der Waals surface area contributed by atoms with Crippen LogP contribution in [0.5, 0.6) is 0 Å². The fourth-order valence-electron chi connectivity index (χ4n) is 1.04. The minimum absolute atomic E-state index is 0.148. The predicted octanol–water partition coefficient (Wildman–Crippen LogP) is 2.63. The third-order valence-corrected chi connectivity index (χ3v) is 2.56. The number of alkyl halides is 1. The molecule has 0 fully saturated rings. The van der Waals surface area contributed by atoms with Crippen molar-refractivity contribution in [1.29, 1.82) is 0 Å². The molecule has 0 aromatic heterocycles. The molecule has 0 aliphatic carbocycles. The lowest BCUT2D eigenvalue weighted by Gasteiger charge is -2.09. The molecular formula is C9H9Cl3N2O. The molecule has 0 atom stereocenters. The average Bonchev–Trinajstić information content (AvgIpc) is 2.22. The first-order valence-electron chi connectivity index (χ1n) is 4.12. The molecule has 0 saturated carbocycles. The lowest BCUT2D eigenvalue weighted by molar-refractivity contribution is -0.113. The molecule has 3 N–H and O–H groups in total. The highest BCUT2D eigenvalue weighted by Crippen LogP contribution is 2.31. The summed E-state index contributed by atoms with van der Waals surface area (Å²) in [5, 5.41) is 3.20. The molecule has 3 nitrogen and oxygen atoms in total. The summed E-state index contributed by atoms with van der Waals surface area (Å²) in [6.07, 6.45) is 0. The SMILES string of the molecule is NCc1cc(Cl)c(NC(=O)CCl)c(Cl)c1. The molecule has 0 saturated heterocycles. The summed E-state index contributed by atoms with van der Waals surface area (Å²) in [6.45, 7) is 0.336. The van der Waals surface area contributed by atoms with Gasteiger partial charge in [-0.25, -0.2) is 0 Å². The smallest absolute Gasteiger partial charge is 0.239 e. The number of halogens is 3. The first kappa shape index (κ1) is 12.6. The third kappa shape index (κ3) is 3.24. The van der Waals surface area contributed by atoms with E-state index in [1.807, 2.05) is 0 Å². The Bertz CT molecular complexity index is 359. The van der Waals surface area contributed by atoms with Gasteiger partial charge in [0.2, 0.25) is 5.91 Å². The van der Waals surface area contributed by atoms with Gasteiger partial charge in [-0.2, -0.15) is 0 Å². The van der Waals surface area contributed by atoms with Crippen molar-refractivity contribution in [2.75, 3.05) is 11.2 Å². The van der Waals surface area contributed by atoms with Crippen LogP contribution in [0, 0.1) is 0 Å². The lowest BCUT2D eigenvalue weighted by atomic mass is 10.2. The molecule has 0 radical (unpaired) electrons. The van der Waals surface area contributed by atoms with Crippen molar-refractivity contribution in [3.8, 4) is 0 Å². The number of hydrogen-bond acceptors (Lipinski definition) is 2. The fraction of sp³-hybridized carbons (Fsp3) is 0.222. The highest BCUT2D eigenvalue weighted by molar-refractivity contribution is 6.40. The van der Waals surface area contributed by atoms with Gasteiger partial charge < -0.3 is 11.1 Å². The van der Waals surface area contributed by atoms with Crippen LogP contribution in [0.15, 0.2) is 12.1 Å². The Morgan fingerprint density at radius 3 is 2.27 bits per heavy atom. The fourth-order valence-corrected chi connectivity index (χ4v) is 1.73. The van der Waals surface area contributed by atoms with E-state index in [-0.39, 0.29) is 11.8 Å². The van der Waals surface area contributed by atoms with E-state index in [1.54, 1.807) is 12.1 Å². The minimum atomic E-state index is -0.360. The predicted molar refractivity (Wildman–Crippen MR) is 63.7 cm³/mol. The molecule has 6 heteroatoms. The Morgan fingerprint density at radius 1 is 1.33 bits per heavy atom. The van der Waals surface area contributed by atoms with Gasteiger partial charge in [0.1, 0.15) is 5.88 Å². The molecule has 0 bridgehead atoms. The number of amides is 1. The summed E-state index contributed by atoms with van der Waals surface area (Å²) in [5.41, 5.74) is 6.60. The van der Waals surface area contributed by atoms with Crippen molar-refractivity contribution in [1.82, 2.24) is 0 Å². The van der Waals surface area contributed by atoms with Crippen LogP contribution in [-0.2, 0) is 11.3 Å². The van der Waals surface area contributed by atoms with Crippen LogP contribution < -0.4 is 11.1 Å². The van der Waals surface area contributed by atoms with Crippen molar-refractivity contribution in [2.24, 2.45) is 5.73 Å². The molecule has 1 rings (SSSR count). The monoisotopic (exact) mass is 266 g/mol. The van der Waals surface area contributed by atoms with Crippen LogP contribution in [0.1, 0.15) is 5.56 Å². The number of carbonyl (C=O) groups is 1. The molecule has 0 unspecified atom stereocenters. The Labute approximate surface area is 102 Å². The quantitative estimate of drug-likeness (QED) is 0.827. The maximum Gasteiger partial charge on any atom is 0.239 e. The number of benzene rings is 1. The maximum atomic E-state index is 11.1. The molecule has 15 heavy (non-hydrogen) atoms. The van der Waals surface area contributed by atoms with Gasteiger partial charge in [-0.3, -0.25) is 4.79 Å². The van der Waals surface area contributed by atoms with Crippen LogP contribution in [0.25, 0.3) is 0 Å². The molecule has 82 valence electrons. The number of nitrogens with two attached hydrogens (primary N) is 1. The van der Waals surface area contributed by atoms with Gasteiger partial charge in [-0.05, 0) is 17.7 Å². The second-order valence-electron chi connectivity index (χ2n) is 2.82. The summed E-state index contributed by atoms with van der Waals surface area (Å²) in [7, 11) is 0. The second kappa shape index (κ2) is 5.56. The third-order valence-electron chi connectivity index (χ3n) is 1.72. The summed E-state index contributed by atoms with van der Waals surface area (Å²) < 4.78 is 0. The first-order chi connectivity index (χ1) is 7.08. The van der Waals surface area contributed by atoms with Crippen LogP contribution in [0.3, 0.4) is 0 Å². The van der Waals surface area contributed by atoms with E-state index in [9.17, 15) is 4.79 Å². The van der Waals surface area contributed by atoms with Crippen LogP contribution in [0.2, 0.25) is 10.0 Å². The molecule has 1 aromatic carbocycles. The van der Waals surface area contributed by atoms with E-state index in [0.29, 0.717) is 22.3 Å². The lowest BCUT2D eigenvalue weighted by Crippen LogP contribution is -2.13. The Balaban J connectivity index is 3.03. The highest BCUT2D eigenvalue weighted by Gasteiger charge is 2.10. The molecule has 0 spiro atoms. The van der Waals surface area contributed by atoms with Gasteiger partial charge in [0.05, 0.1) is 15.7 Å². The van der Waals surface area contributed by atoms with Crippen LogP contribution in [-0.4, -0.2) is 11.8 Å². The number of hydrogen-bond donors (Lipinski definition) is 2. The Morgan fingerprint density at radius 2 is 1.87 bits per heavy atom. The van der Waals surface area contributed by atoms with E-state index < -0.39 is 0 Å². The number of carbonyl (C=O) groups excluding carboxylic acids is 1. The van der Waals surface area contributed by atoms with Crippen molar-refractivity contribution < 1.29 is 4.79 Å². The standard InChI is InChI=1S/C9H9Cl3N2O/c10-3-8(15)14-9-6(11)1-5(4-13)2-7(9)12/h1-2H,3-4,13H2,(H,14,15). The molecule has 1 aromatic rings. The van der Waals surface area contributed by atoms with Crippen LogP contribution in [0.4, 0.5) is 5.69 Å². The van der Waals surface area contributed by atoms with E-state index in [4.69, 9.17) is 40.5 Å². The minimum Gasteiger partial charge on any atom is -0.326 e. The van der Waals surface area contributed by atoms with Crippen molar-refractivity contribution in [2.45, 2.75) is 6.54 Å². The van der Waals surface area contributed by atoms with Crippen molar-refractivity contribution in [3.05, 3.63) is 27.7 Å². The molecule has 0 aliphatic rings. The van der Waals surface area contributed by atoms with Gasteiger partial charge >= 0.3 is 0 Å². The maximum absolute atomic E-state index is 11.1. The van der Waals surface area contributed by atoms with E-state index in [1.165, 1.54) is 0 Å². The second-order valence-corrected chi connectivity index (χ2v) is 3.90. The van der Waals surface area contributed by atoms with E-state index >= 15 is 0 Å². The summed E-state index contributed by atoms with van der Waals surface area (Å²) in [5.74, 6) is -0.508. The summed E-state index contributed by atoms with van der Waals surface area (Å²) in [4.78, 5) is 11.1. The van der Waals surface area contributed by atoms with E-state index in [2.05, 4.69) is 5.32 Å². The topological polar surface area (TPSA) is 55.1 Å². The largest absolute Gasteiger partial charge is 0.326 e. The number of rotatable bonds is 3. The van der Waals surface area contributed by atoms with Gasteiger partial charge in [0.15, 0.2) is 0 Å². The van der Waals surface area contributed by atoms with E-state index in [0.717, 1.165) is 5.56 Å². The van der Waals surface area contributed by atoms with Gasteiger partial charge in [-0.15, -0.1) is 11.6 Å². The van der Waals surface area contributed by atoms with Crippen molar-refractivity contribution >= 4 is 46.4 Å². The summed E-state index contributed by atoms with van der Waals surface area (Å²) in [6, 6.07) is 3.30. The molecule has 1 amide bonds. The summed E-state index contributed by atoms with van der Waals surface area (Å²) >= 11 is 17.2. The number of nitrogens with one attached hydrogen (secondary N) is 1. The number of anilines is 1. The highest BCUT2D eigenvalue weighted by atomic mass is 35.5. The zero-order valence-electron chi connectivity index (χ0n) is 7.69. The van der Waals surface area contributed by atoms with Crippen molar-refractivity contribution in [3.63, 3.8) is 0 Å². The van der Waals surface area contributed by atoms with Crippen LogP contribution >= 0.6 is 34.8 Å². The van der Waals surface area contributed by atoms with Gasteiger partial charge in [-0.1, -0.05) is 23.2 Å². The first-order valence-corrected chi connectivity index (χ1v) is 5.41. The molecule has 0 heterocycles. The zero-order valence-corrected chi connectivity index (χ0v) is 9.96. The average molecular weight is 268 g/mol. The Kier molecular flexibility index (Phi) is 4.67. The Hall–Kier alpha value is -0.480. The van der Waals surface area contributed by atoms with Gasteiger partial charge in [0.25, 0.3) is 0 Å². The molecule has 0 aliphatic heterocycles. The zero-order chi connectivity index (χ0) is 11.4.